The van der Waals surface area contributed by atoms with Gasteiger partial charge >= 0.3 is 0 Å². The van der Waals surface area contributed by atoms with Crippen LogP contribution in [0.1, 0.15) is 11.1 Å². The molecule has 0 aliphatic carbocycles. The molecule has 11 heteroatoms. The van der Waals surface area contributed by atoms with Crippen LogP contribution in [0, 0.1) is 0 Å². The van der Waals surface area contributed by atoms with Gasteiger partial charge in [0, 0.05) is 10.0 Å². The van der Waals surface area contributed by atoms with E-state index in [0.717, 1.165) is 16.1 Å². The minimum atomic E-state index is -3.81. The quantitative estimate of drug-likeness (QED) is 0.301. The first kappa shape index (κ1) is 25.8. The highest BCUT2D eigenvalue weighted by Crippen LogP contribution is 2.30. The van der Waals surface area contributed by atoms with Crippen LogP contribution in [0.3, 0.4) is 0 Å². The molecule has 1 amide bonds. The number of hydrogen-bond donors (Lipinski definition) is 1. The van der Waals surface area contributed by atoms with Crippen LogP contribution >= 0.6 is 34.8 Å². The van der Waals surface area contributed by atoms with Crippen molar-refractivity contribution in [2.24, 2.45) is 5.10 Å². The number of ether oxygens (including phenoxy) is 1. The number of carbonyl (C=O) groups is 1. The number of amides is 1. The molecule has 0 saturated carbocycles. The van der Waals surface area contributed by atoms with Crippen molar-refractivity contribution in [1.29, 1.82) is 0 Å². The van der Waals surface area contributed by atoms with Gasteiger partial charge in [-0.2, -0.15) is 5.10 Å². The van der Waals surface area contributed by atoms with Gasteiger partial charge < -0.3 is 4.74 Å². The van der Waals surface area contributed by atoms with E-state index >= 15 is 0 Å². The molecular formula is C23H20Cl3N3O4S. The lowest BCUT2D eigenvalue weighted by atomic mass is 10.2. The highest BCUT2D eigenvalue weighted by atomic mass is 35.5. The summed E-state index contributed by atoms with van der Waals surface area (Å²) in [5.74, 6) is 0.00236. The molecule has 178 valence electrons. The molecule has 3 aromatic carbocycles. The van der Waals surface area contributed by atoms with Crippen LogP contribution in [-0.4, -0.2) is 33.3 Å². The zero-order valence-corrected chi connectivity index (χ0v) is 21.0. The number of sulfonamides is 1. The van der Waals surface area contributed by atoms with Gasteiger partial charge in [-0.05, 0) is 65.7 Å². The van der Waals surface area contributed by atoms with Crippen molar-refractivity contribution in [3.63, 3.8) is 0 Å². The van der Waals surface area contributed by atoms with Crippen LogP contribution in [0.25, 0.3) is 0 Å². The Labute approximate surface area is 212 Å². The van der Waals surface area contributed by atoms with Gasteiger partial charge in [0.2, 0.25) is 10.0 Å². The standard InChI is InChI=1S/C23H20Cl3N3O4S/c1-34(31,32)29(22-12-19(25)7-10-21(22)26)14-23(30)28-27-13-16-5-8-20(9-6-16)33-15-17-3-2-4-18(24)11-17/h2-13H,14-15H2,1H3,(H,28,30)/b27-13-. The summed E-state index contributed by atoms with van der Waals surface area (Å²) in [5.41, 5.74) is 4.06. The Morgan fingerprint density at radius 3 is 2.41 bits per heavy atom. The highest BCUT2D eigenvalue weighted by Gasteiger charge is 2.23. The molecule has 0 radical (unpaired) electrons. The lowest BCUT2D eigenvalue weighted by Gasteiger charge is -2.22. The molecule has 0 fully saturated rings. The molecule has 7 nitrogen and oxygen atoms in total. The van der Waals surface area contributed by atoms with Crippen molar-refractivity contribution in [1.82, 2.24) is 5.43 Å². The lowest BCUT2D eigenvalue weighted by molar-refractivity contribution is -0.119. The third-order valence-corrected chi connectivity index (χ3v) is 6.36. The monoisotopic (exact) mass is 539 g/mol. The second-order valence-corrected chi connectivity index (χ2v) is 10.3. The molecule has 0 aliphatic rings. The summed E-state index contributed by atoms with van der Waals surface area (Å²) in [5, 5.41) is 4.95. The maximum Gasteiger partial charge on any atom is 0.260 e. The van der Waals surface area contributed by atoms with Crippen LogP contribution in [0.2, 0.25) is 15.1 Å². The molecule has 0 spiro atoms. The lowest BCUT2D eigenvalue weighted by Crippen LogP contribution is -2.39. The summed E-state index contributed by atoms with van der Waals surface area (Å²) >= 11 is 18.0. The summed E-state index contributed by atoms with van der Waals surface area (Å²) in [4.78, 5) is 12.3. The van der Waals surface area contributed by atoms with E-state index in [9.17, 15) is 13.2 Å². The third-order valence-electron chi connectivity index (χ3n) is 4.44. The fourth-order valence-corrected chi connectivity index (χ4v) is 4.36. The summed E-state index contributed by atoms with van der Waals surface area (Å²) in [6.45, 7) is -0.149. The number of hydrazone groups is 1. The Hall–Kier alpha value is -2.78. The molecule has 3 rings (SSSR count). The number of carbonyl (C=O) groups excluding carboxylic acids is 1. The van der Waals surface area contributed by atoms with Crippen molar-refractivity contribution >= 4 is 62.6 Å². The van der Waals surface area contributed by atoms with Gasteiger partial charge in [0.25, 0.3) is 5.91 Å². The molecule has 0 aliphatic heterocycles. The Bertz CT molecular complexity index is 1300. The summed E-state index contributed by atoms with van der Waals surface area (Å²) in [6.07, 6.45) is 2.40. The van der Waals surface area contributed by atoms with E-state index in [-0.39, 0.29) is 15.7 Å². The van der Waals surface area contributed by atoms with E-state index in [4.69, 9.17) is 39.5 Å². The van der Waals surface area contributed by atoms with Crippen LogP contribution in [0.15, 0.2) is 71.8 Å². The molecule has 0 bridgehead atoms. The first-order valence-electron chi connectivity index (χ1n) is 9.84. The minimum absolute atomic E-state index is 0.101. The van der Waals surface area contributed by atoms with Gasteiger partial charge in [0.1, 0.15) is 18.9 Å². The summed E-state index contributed by atoms with van der Waals surface area (Å²) in [7, 11) is -3.81. The zero-order valence-electron chi connectivity index (χ0n) is 17.9. The predicted octanol–water partition coefficient (Wildman–Crippen LogP) is 5.14. The second-order valence-electron chi connectivity index (χ2n) is 7.15. The molecule has 0 aromatic heterocycles. The van der Waals surface area contributed by atoms with Gasteiger partial charge in [-0.15, -0.1) is 0 Å². The third kappa shape index (κ3) is 7.63. The molecule has 0 atom stereocenters. The smallest absolute Gasteiger partial charge is 0.260 e. The SMILES string of the molecule is CS(=O)(=O)N(CC(=O)N/N=C\c1ccc(OCc2cccc(Cl)c2)cc1)c1cc(Cl)ccc1Cl. The van der Waals surface area contributed by atoms with Crippen molar-refractivity contribution in [2.75, 3.05) is 17.1 Å². The molecule has 34 heavy (non-hydrogen) atoms. The molecule has 1 N–H and O–H groups in total. The molecular weight excluding hydrogens is 521 g/mol. The zero-order chi connectivity index (χ0) is 24.7. The molecule has 0 unspecified atom stereocenters. The highest BCUT2D eigenvalue weighted by molar-refractivity contribution is 7.92. The molecule has 0 heterocycles. The largest absolute Gasteiger partial charge is 0.489 e. The van der Waals surface area contributed by atoms with Crippen LogP contribution < -0.4 is 14.5 Å². The van der Waals surface area contributed by atoms with Crippen LogP contribution in [0.4, 0.5) is 5.69 Å². The van der Waals surface area contributed by atoms with Crippen LogP contribution in [-0.2, 0) is 21.4 Å². The van der Waals surface area contributed by atoms with E-state index < -0.39 is 22.5 Å². The molecule has 3 aromatic rings. The van der Waals surface area contributed by atoms with E-state index in [1.807, 2.05) is 18.2 Å². The predicted molar refractivity (Wildman–Crippen MR) is 137 cm³/mol. The van der Waals surface area contributed by atoms with Crippen molar-refractivity contribution in [3.05, 3.63) is 92.9 Å². The van der Waals surface area contributed by atoms with Gasteiger partial charge in [-0.1, -0.05) is 46.9 Å². The number of rotatable bonds is 9. The second kappa shape index (κ2) is 11.6. The minimum Gasteiger partial charge on any atom is -0.489 e. The summed E-state index contributed by atoms with van der Waals surface area (Å²) < 4.78 is 31.0. The average molecular weight is 541 g/mol. The Balaban J connectivity index is 1.57. The summed E-state index contributed by atoms with van der Waals surface area (Å²) in [6, 6.07) is 18.8. The van der Waals surface area contributed by atoms with Gasteiger partial charge in [-0.3, -0.25) is 9.10 Å². The Morgan fingerprint density at radius 2 is 1.74 bits per heavy atom. The van der Waals surface area contributed by atoms with E-state index in [1.54, 1.807) is 30.3 Å². The Morgan fingerprint density at radius 1 is 1.03 bits per heavy atom. The average Bonchev–Trinajstić information content (AvgIpc) is 2.78. The van der Waals surface area contributed by atoms with E-state index in [2.05, 4.69) is 10.5 Å². The number of halogens is 3. The topological polar surface area (TPSA) is 88.1 Å². The van der Waals surface area contributed by atoms with Crippen LogP contribution in [0.5, 0.6) is 5.75 Å². The van der Waals surface area contributed by atoms with Gasteiger partial charge in [-0.25, -0.2) is 13.8 Å². The fraction of sp³-hybridized carbons (Fsp3) is 0.130. The fourth-order valence-electron chi connectivity index (χ4n) is 2.85. The Kier molecular flexibility index (Phi) is 8.79. The number of benzene rings is 3. The van der Waals surface area contributed by atoms with Gasteiger partial charge in [0.05, 0.1) is 23.2 Å². The van der Waals surface area contributed by atoms with Gasteiger partial charge in [0.15, 0.2) is 0 Å². The van der Waals surface area contributed by atoms with E-state index in [0.29, 0.717) is 22.9 Å². The van der Waals surface area contributed by atoms with Crippen molar-refractivity contribution in [2.45, 2.75) is 6.61 Å². The number of nitrogens with zero attached hydrogens (tertiary/aromatic N) is 2. The first-order chi connectivity index (χ1) is 16.1. The maximum atomic E-state index is 12.3. The first-order valence-corrected chi connectivity index (χ1v) is 12.8. The normalized spacial score (nSPS) is 11.4. The van der Waals surface area contributed by atoms with Crippen molar-refractivity contribution in [3.8, 4) is 5.75 Å². The van der Waals surface area contributed by atoms with E-state index in [1.165, 1.54) is 24.4 Å². The number of nitrogens with one attached hydrogen (secondary N) is 1. The number of anilines is 1. The number of hydrogen-bond acceptors (Lipinski definition) is 5. The molecule has 0 saturated heterocycles. The maximum absolute atomic E-state index is 12.3. The van der Waals surface area contributed by atoms with Crippen molar-refractivity contribution < 1.29 is 17.9 Å².